The highest BCUT2D eigenvalue weighted by atomic mass is 35.5. The Kier molecular flexibility index (Phi) is 10.1. The summed E-state index contributed by atoms with van der Waals surface area (Å²) in [6.45, 7) is 5.88. The molecule has 7 rings (SSSR count). The van der Waals surface area contributed by atoms with Crippen LogP contribution in [0.1, 0.15) is 66.7 Å². The molecule has 0 radical (unpaired) electrons. The van der Waals surface area contributed by atoms with Gasteiger partial charge in [0.15, 0.2) is 5.75 Å². The third-order valence-electron chi connectivity index (χ3n) is 10.0. The van der Waals surface area contributed by atoms with Crippen molar-refractivity contribution in [2.75, 3.05) is 31.1 Å². The molecular formula is C37H42Cl3N5O3. The lowest BCUT2D eigenvalue weighted by Gasteiger charge is -2.36. The number of carbonyl (C=O) groups excluding carboxylic acids is 2. The quantitative estimate of drug-likeness (QED) is 0.225. The van der Waals surface area contributed by atoms with Crippen molar-refractivity contribution in [2.45, 2.75) is 76.6 Å². The number of ether oxygens (including phenoxy) is 1. The maximum atomic E-state index is 14.3. The molecule has 3 atom stereocenters. The highest BCUT2D eigenvalue weighted by molar-refractivity contribution is 6.37. The molecule has 2 aliphatic carbocycles. The Hall–Kier alpha value is -3.04. The number of hydrogen-bond donors (Lipinski definition) is 2. The van der Waals surface area contributed by atoms with E-state index in [2.05, 4.69) is 27.7 Å². The molecule has 1 aromatic heterocycles. The molecule has 0 bridgehead atoms. The van der Waals surface area contributed by atoms with Crippen LogP contribution in [0.15, 0.2) is 48.7 Å². The fraction of sp³-hybridized carbons (Fsp3) is 0.486. The fourth-order valence-corrected chi connectivity index (χ4v) is 7.89. The fourth-order valence-electron chi connectivity index (χ4n) is 7.03. The lowest BCUT2D eigenvalue weighted by molar-refractivity contribution is -0.138. The zero-order valence-electron chi connectivity index (χ0n) is 27.2. The van der Waals surface area contributed by atoms with Crippen molar-refractivity contribution in [3.8, 4) is 5.75 Å². The molecule has 2 amide bonds. The summed E-state index contributed by atoms with van der Waals surface area (Å²) in [6.07, 6.45) is 7.57. The summed E-state index contributed by atoms with van der Waals surface area (Å²) >= 11 is 19.5. The van der Waals surface area contributed by atoms with Gasteiger partial charge in [-0.2, -0.15) is 0 Å². The molecule has 48 heavy (non-hydrogen) atoms. The second kappa shape index (κ2) is 14.4. The lowest BCUT2D eigenvalue weighted by atomic mass is 9.80. The van der Waals surface area contributed by atoms with Gasteiger partial charge in [-0.25, -0.2) is 4.98 Å². The van der Waals surface area contributed by atoms with Crippen LogP contribution in [-0.4, -0.2) is 60.0 Å². The molecular weight excluding hydrogens is 669 g/mol. The Balaban J connectivity index is 1.01. The van der Waals surface area contributed by atoms with E-state index in [1.165, 1.54) is 0 Å². The largest absolute Gasteiger partial charge is 0.485 e. The van der Waals surface area contributed by atoms with Gasteiger partial charge < -0.3 is 25.2 Å². The van der Waals surface area contributed by atoms with Crippen LogP contribution in [0, 0.1) is 18.8 Å². The maximum Gasteiger partial charge on any atom is 0.228 e. The number of benzene rings is 2. The second-order valence-corrected chi connectivity index (χ2v) is 15.0. The summed E-state index contributed by atoms with van der Waals surface area (Å²) in [5, 5.41) is 8.20. The van der Waals surface area contributed by atoms with E-state index in [0.29, 0.717) is 47.0 Å². The number of halogens is 3. The van der Waals surface area contributed by atoms with Crippen molar-refractivity contribution >= 4 is 52.4 Å². The zero-order valence-corrected chi connectivity index (χ0v) is 29.5. The third-order valence-corrected chi connectivity index (χ3v) is 11.0. The number of rotatable bonds is 11. The van der Waals surface area contributed by atoms with Crippen LogP contribution in [0.25, 0.3) is 0 Å². The summed E-state index contributed by atoms with van der Waals surface area (Å²) in [5.74, 6) is 1.75. The molecule has 3 heterocycles. The van der Waals surface area contributed by atoms with Crippen LogP contribution in [0.4, 0.5) is 5.82 Å². The van der Waals surface area contributed by atoms with Crippen LogP contribution in [0.2, 0.25) is 15.1 Å². The topological polar surface area (TPSA) is 86.8 Å². The van der Waals surface area contributed by atoms with Gasteiger partial charge in [0.05, 0.1) is 22.5 Å². The summed E-state index contributed by atoms with van der Waals surface area (Å²) < 4.78 is 6.23. The Bertz CT molecular complexity index is 1640. The molecule has 2 aliphatic heterocycles. The molecule has 11 heteroatoms. The molecule has 4 aliphatic rings. The molecule has 8 nitrogen and oxygen atoms in total. The first kappa shape index (κ1) is 33.5. The number of hydrogen-bond acceptors (Lipinski definition) is 6. The molecule has 3 aromatic rings. The van der Waals surface area contributed by atoms with Gasteiger partial charge in [0.1, 0.15) is 11.9 Å². The summed E-state index contributed by atoms with van der Waals surface area (Å²) in [6, 6.07) is 14.0. The number of nitrogens with one attached hydrogen (secondary N) is 2. The van der Waals surface area contributed by atoms with E-state index in [4.69, 9.17) is 44.5 Å². The number of pyridine rings is 1. The van der Waals surface area contributed by atoms with E-state index in [9.17, 15) is 9.59 Å². The van der Waals surface area contributed by atoms with Crippen molar-refractivity contribution in [3.63, 3.8) is 0 Å². The summed E-state index contributed by atoms with van der Waals surface area (Å²) in [7, 11) is 0. The minimum atomic E-state index is -0.194. The minimum Gasteiger partial charge on any atom is -0.485 e. The first-order chi connectivity index (χ1) is 23.2. The minimum absolute atomic E-state index is 0.0419. The molecule has 2 saturated carbocycles. The molecule has 4 fully saturated rings. The van der Waals surface area contributed by atoms with E-state index in [1.807, 2.05) is 48.4 Å². The van der Waals surface area contributed by atoms with Gasteiger partial charge in [0, 0.05) is 55.8 Å². The summed E-state index contributed by atoms with van der Waals surface area (Å²) in [5.41, 5.74) is 4.00. The number of aromatic nitrogens is 1. The Morgan fingerprint density at radius 1 is 1.00 bits per heavy atom. The van der Waals surface area contributed by atoms with Crippen LogP contribution in [0.3, 0.4) is 0 Å². The predicted octanol–water partition coefficient (Wildman–Crippen LogP) is 6.92. The van der Waals surface area contributed by atoms with Crippen molar-refractivity contribution < 1.29 is 14.3 Å². The second-order valence-electron chi connectivity index (χ2n) is 13.8. The van der Waals surface area contributed by atoms with Crippen molar-refractivity contribution in [1.82, 2.24) is 20.5 Å². The van der Waals surface area contributed by atoms with Gasteiger partial charge in [-0.15, -0.1) is 0 Å². The standard InChI is InChI=1S/C37H42Cl3N5O3/c1-22-14-32(39)35(33(40)15-22)48-28-11-13-44(21-28)34-9-5-25(18-42-34)29-10-12-41-19-30(29)37(47)45(27-6-7-27)20-26-16-23(2-8-31(26)38)17-43-36(46)24-3-4-24/h2,5,8-9,14-16,18,24,27-30,41H,3-4,6-7,10-13,17,19-21H2,1H3,(H,43,46)/t28-,29-,30+/m1/s1. The van der Waals surface area contributed by atoms with Gasteiger partial charge in [-0.3, -0.25) is 9.59 Å². The van der Waals surface area contributed by atoms with Crippen molar-refractivity contribution in [3.05, 3.63) is 86.0 Å². The van der Waals surface area contributed by atoms with E-state index >= 15 is 0 Å². The first-order valence-corrected chi connectivity index (χ1v) is 18.3. The van der Waals surface area contributed by atoms with Gasteiger partial charge in [-0.1, -0.05) is 53.0 Å². The third kappa shape index (κ3) is 7.72. The van der Waals surface area contributed by atoms with Crippen LogP contribution in [0.5, 0.6) is 5.75 Å². The highest BCUT2D eigenvalue weighted by Gasteiger charge is 2.40. The summed E-state index contributed by atoms with van der Waals surface area (Å²) in [4.78, 5) is 35.6. The smallest absolute Gasteiger partial charge is 0.228 e. The van der Waals surface area contributed by atoms with Gasteiger partial charge in [0.25, 0.3) is 0 Å². The van der Waals surface area contributed by atoms with Crippen LogP contribution >= 0.6 is 34.8 Å². The Morgan fingerprint density at radius 2 is 1.79 bits per heavy atom. The van der Waals surface area contributed by atoms with Gasteiger partial charge >= 0.3 is 0 Å². The number of aryl methyl sites for hydroxylation is 1. The molecule has 2 aromatic carbocycles. The van der Waals surface area contributed by atoms with Gasteiger partial charge in [-0.05, 0) is 98.0 Å². The SMILES string of the molecule is Cc1cc(Cl)c(O[C@@H]2CCN(c3ccc([C@H]4CCNC[C@@H]4C(=O)N(Cc4cc(CNC(=O)C5CC5)ccc4Cl)C4CC4)cn3)C2)c(Cl)c1. The van der Waals surface area contributed by atoms with E-state index in [-0.39, 0.29) is 41.7 Å². The highest BCUT2D eigenvalue weighted by Crippen LogP contribution is 2.38. The van der Waals surface area contributed by atoms with Crippen LogP contribution < -0.4 is 20.3 Å². The monoisotopic (exact) mass is 709 g/mol. The number of amides is 2. The maximum absolute atomic E-state index is 14.3. The molecule has 0 spiro atoms. The van der Waals surface area contributed by atoms with Crippen molar-refractivity contribution in [1.29, 1.82) is 0 Å². The zero-order chi connectivity index (χ0) is 33.4. The van der Waals surface area contributed by atoms with Crippen LogP contribution in [-0.2, 0) is 22.7 Å². The molecule has 2 N–H and O–H groups in total. The normalized spacial score (nSPS) is 22.4. The number of piperidine rings is 1. The molecule has 2 saturated heterocycles. The molecule has 254 valence electrons. The van der Waals surface area contributed by atoms with E-state index in [0.717, 1.165) is 79.7 Å². The average Bonchev–Trinajstić information content (AvgIpc) is 4.03. The number of carbonyl (C=O) groups is 2. The van der Waals surface area contributed by atoms with Gasteiger partial charge in [0.2, 0.25) is 11.8 Å². The Morgan fingerprint density at radius 3 is 2.50 bits per heavy atom. The first-order valence-electron chi connectivity index (χ1n) is 17.1. The van der Waals surface area contributed by atoms with Crippen molar-refractivity contribution in [2.24, 2.45) is 11.8 Å². The predicted molar refractivity (Wildman–Crippen MR) is 190 cm³/mol. The number of anilines is 1. The van der Waals surface area contributed by atoms with E-state index in [1.54, 1.807) is 0 Å². The Labute approximate surface area is 297 Å². The number of nitrogens with zero attached hydrogens (tertiary/aromatic N) is 3. The molecule has 0 unspecified atom stereocenters. The lowest BCUT2D eigenvalue weighted by Crippen LogP contribution is -2.47. The van der Waals surface area contributed by atoms with E-state index < -0.39 is 0 Å². The average molecular weight is 711 g/mol.